The molecule has 0 unspecified atom stereocenters. The van der Waals surface area contributed by atoms with E-state index in [9.17, 15) is 14.0 Å². The standard InChI is InChI=1S/C13H12FN3O2S2/c14-8-1-2-9-10(7-8)21-12(15-9)16-11(18)3-4-17-5-6-20-13(17)19/h1-2,7H,3-6H2,(H,15,16,18). The van der Waals surface area contributed by atoms with Crippen LogP contribution in [0.1, 0.15) is 6.42 Å². The van der Waals surface area contributed by atoms with Crippen LogP contribution in [0.2, 0.25) is 0 Å². The molecule has 1 aromatic carbocycles. The number of aromatic nitrogens is 1. The molecule has 8 heteroatoms. The SMILES string of the molecule is O=C(CCN1CCSC1=O)Nc1nc2ccc(F)cc2s1. The maximum atomic E-state index is 13.1. The van der Waals surface area contributed by atoms with Gasteiger partial charge in [-0.25, -0.2) is 9.37 Å². The molecule has 0 aliphatic carbocycles. The van der Waals surface area contributed by atoms with Crippen molar-refractivity contribution in [2.45, 2.75) is 6.42 Å². The zero-order valence-corrected chi connectivity index (χ0v) is 12.6. The van der Waals surface area contributed by atoms with Gasteiger partial charge in [0.2, 0.25) is 5.91 Å². The van der Waals surface area contributed by atoms with Gasteiger partial charge >= 0.3 is 0 Å². The van der Waals surface area contributed by atoms with E-state index in [-0.39, 0.29) is 23.4 Å². The monoisotopic (exact) mass is 325 g/mol. The quantitative estimate of drug-likeness (QED) is 0.939. The zero-order valence-electron chi connectivity index (χ0n) is 11.0. The predicted octanol–water partition coefficient (Wildman–Crippen LogP) is 2.93. The number of thioether (sulfide) groups is 1. The Morgan fingerprint density at radius 1 is 1.48 bits per heavy atom. The first kappa shape index (κ1) is 14.3. The van der Waals surface area contributed by atoms with Crippen molar-refractivity contribution >= 4 is 49.6 Å². The van der Waals surface area contributed by atoms with Gasteiger partial charge in [0.15, 0.2) is 5.13 Å². The molecule has 2 amide bonds. The molecule has 2 heterocycles. The van der Waals surface area contributed by atoms with Gasteiger partial charge in [0.25, 0.3) is 5.24 Å². The molecule has 0 atom stereocenters. The van der Waals surface area contributed by atoms with Crippen LogP contribution in [0, 0.1) is 5.82 Å². The van der Waals surface area contributed by atoms with E-state index in [0.717, 1.165) is 5.75 Å². The van der Waals surface area contributed by atoms with Crippen LogP contribution in [0.5, 0.6) is 0 Å². The van der Waals surface area contributed by atoms with Gasteiger partial charge in [-0.1, -0.05) is 23.1 Å². The number of nitrogens with one attached hydrogen (secondary N) is 1. The summed E-state index contributed by atoms with van der Waals surface area (Å²) in [5.41, 5.74) is 0.655. The third-order valence-corrected chi connectivity index (χ3v) is 4.88. The Balaban J connectivity index is 1.59. The molecule has 1 saturated heterocycles. The number of carbonyl (C=O) groups is 2. The summed E-state index contributed by atoms with van der Waals surface area (Å²) in [6.45, 7) is 1.11. The number of halogens is 1. The Morgan fingerprint density at radius 2 is 2.33 bits per heavy atom. The van der Waals surface area contributed by atoms with Gasteiger partial charge in [0.05, 0.1) is 10.2 Å². The lowest BCUT2D eigenvalue weighted by molar-refractivity contribution is -0.116. The maximum absolute atomic E-state index is 13.1. The van der Waals surface area contributed by atoms with Crippen molar-refractivity contribution in [1.82, 2.24) is 9.88 Å². The average molecular weight is 325 g/mol. The Bertz CT molecular complexity index is 704. The van der Waals surface area contributed by atoms with Crippen LogP contribution in [-0.2, 0) is 4.79 Å². The number of anilines is 1. The van der Waals surface area contributed by atoms with E-state index in [4.69, 9.17) is 0 Å². The summed E-state index contributed by atoms with van der Waals surface area (Å²) >= 11 is 2.51. The van der Waals surface area contributed by atoms with Gasteiger partial charge in [0.1, 0.15) is 5.82 Å². The van der Waals surface area contributed by atoms with E-state index >= 15 is 0 Å². The summed E-state index contributed by atoms with van der Waals surface area (Å²) < 4.78 is 13.8. The topological polar surface area (TPSA) is 62.3 Å². The fourth-order valence-corrected chi connectivity index (χ4v) is 3.76. The van der Waals surface area contributed by atoms with Crippen molar-refractivity contribution in [1.29, 1.82) is 0 Å². The number of benzene rings is 1. The minimum Gasteiger partial charge on any atom is -0.332 e. The van der Waals surface area contributed by atoms with Crippen LogP contribution in [0.4, 0.5) is 14.3 Å². The lowest BCUT2D eigenvalue weighted by Crippen LogP contribution is -2.27. The van der Waals surface area contributed by atoms with E-state index in [0.29, 0.717) is 28.4 Å². The van der Waals surface area contributed by atoms with Crippen molar-refractivity contribution in [2.24, 2.45) is 0 Å². The second kappa shape index (κ2) is 5.98. The molecule has 0 radical (unpaired) electrons. The summed E-state index contributed by atoms with van der Waals surface area (Å²) in [6.07, 6.45) is 0.233. The third kappa shape index (κ3) is 3.33. The Morgan fingerprint density at radius 3 is 3.10 bits per heavy atom. The van der Waals surface area contributed by atoms with E-state index in [2.05, 4.69) is 10.3 Å². The summed E-state index contributed by atoms with van der Waals surface area (Å²) in [7, 11) is 0. The molecule has 0 bridgehead atoms. The predicted molar refractivity (Wildman–Crippen MR) is 82.3 cm³/mol. The number of hydrogen-bond acceptors (Lipinski definition) is 5. The molecule has 110 valence electrons. The number of nitrogens with zero attached hydrogens (tertiary/aromatic N) is 2. The van der Waals surface area contributed by atoms with Crippen molar-refractivity contribution in [2.75, 3.05) is 24.2 Å². The Labute approximate surface area is 128 Å². The second-order valence-corrected chi connectivity index (χ2v) is 6.61. The number of rotatable bonds is 4. The summed E-state index contributed by atoms with van der Waals surface area (Å²) in [6, 6.07) is 4.31. The van der Waals surface area contributed by atoms with E-state index in [1.54, 1.807) is 11.0 Å². The van der Waals surface area contributed by atoms with Crippen molar-refractivity contribution < 1.29 is 14.0 Å². The van der Waals surface area contributed by atoms with E-state index in [1.807, 2.05) is 0 Å². The molecule has 0 spiro atoms. The van der Waals surface area contributed by atoms with Gasteiger partial charge in [-0.2, -0.15) is 0 Å². The summed E-state index contributed by atoms with van der Waals surface area (Å²) in [5, 5.41) is 3.16. The fraction of sp³-hybridized carbons (Fsp3) is 0.308. The van der Waals surface area contributed by atoms with Crippen LogP contribution in [0.3, 0.4) is 0 Å². The fourth-order valence-electron chi connectivity index (χ4n) is 2.00. The molecule has 1 aromatic heterocycles. The first-order valence-electron chi connectivity index (χ1n) is 6.39. The highest BCUT2D eigenvalue weighted by Crippen LogP contribution is 2.26. The first-order valence-corrected chi connectivity index (χ1v) is 8.20. The largest absolute Gasteiger partial charge is 0.332 e. The maximum Gasteiger partial charge on any atom is 0.281 e. The highest BCUT2D eigenvalue weighted by molar-refractivity contribution is 8.13. The molecule has 3 rings (SSSR count). The highest BCUT2D eigenvalue weighted by Gasteiger charge is 2.21. The molecule has 1 fully saturated rings. The minimum absolute atomic E-state index is 0.0262. The van der Waals surface area contributed by atoms with Gasteiger partial charge in [-0.05, 0) is 18.2 Å². The number of fused-ring (bicyclic) bond motifs is 1. The summed E-state index contributed by atoms with van der Waals surface area (Å²) in [4.78, 5) is 29.2. The highest BCUT2D eigenvalue weighted by atomic mass is 32.2. The molecular formula is C13H12FN3O2S2. The van der Waals surface area contributed by atoms with Crippen LogP contribution in [0.15, 0.2) is 18.2 Å². The van der Waals surface area contributed by atoms with Gasteiger partial charge in [-0.15, -0.1) is 0 Å². The van der Waals surface area contributed by atoms with Crippen molar-refractivity contribution in [3.05, 3.63) is 24.0 Å². The number of hydrogen-bond donors (Lipinski definition) is 1. The molecule has 1 N–H and O–H groups in total. The lowest BCUT2D eigenvalue weighted by Gasteiger charge is -2.13. The Hall–Kier alpha value is -1.67. The van der Waals surface area contributed by atoms with Crippen molar-refractivity contribution in [3.8, 4) is 0 Å². The van der Waals surface area contributed by atoms with E-state index in [1.165, 1.54) is 35.2 Å². The van der Waals surface area contributed by atoms with E-state index < -0.39 is 0 Å². The smallest absolute Gasteiger partial charge is 0.281 e. The molecular weight excluding hydrogens is 313 g/mol. The van der Waals surface area contributed by atoms with Crippen LogP contribution in [0.25, 0.3) is 10.2 Å². The number of thiazole rings is 1. The minimum atomic E-state index is -0.325. The third-order valence-electron chi connectivity index (χ3n) is 3.05. The molecule has 21 heavy (non-hydrogen) atoms. The molecule has 1 aliphatic heterocycles. The van der Waals surface area contributed by atoms with Crippen LogP contribution in [-0.4, -0.2) is 39.9 Å². The molecule has 5 nitrogen and oxygen atoms in total. The normalized spacial score (nSPS) is 14.9. The Kier molecular flexibility index (Phi) is 4.07. The lowest BCUT2D eigenvalue weighted by atomic mass is 10.3. The van der Waals surface area contributed by atoms with Gasteiger partial charge in [-0.3, -0.25) is 9.59 Å². The second-order valence-electron chi connectivity index (χ2n) is 4.53. The molecule has 0 saturated carbocycles. The van der Waals surface area contributed by atoms with Crippen LogP contribution < -0.4 is 5.32 Å². The molecule has 2 aromatic rings. The number of amides is 2. The first-order chi connectivity index (χ1) is 10.1. The number of carbonyl (C=O) groups excluding carboxylic acids is 2. The van der Waals surface area contributed by atoms with Crippen LogP contribution >= 0.6 is 23.1 Å². The van der Waals surface area contributed by atoms with Crippen molar-refractivity contribution in [3.63, 3.8) is 0 Å². The van der Waals surface area contributed by atoms with Gasteiger partial charge in [0, 0.05) is 25.3 Å². The molecule has 1 aliphatic rings. The average Bonchev–Trinajstić information content (AvgIpc) is 3.01. The summed E-state index contributed by atoms with van der Waals surface area (Å²) in [5.74, 6) is 0.262. The zero-order chi connectivity index (χ0) is 14.8. The van der Waals surface area contributed by atoms with Gasteiger partial charge < -0.3 is 10.2 Å².